The van der Waals surface area contributed by atoms with E-state index in [2.05, 4.69) is 25.9 Å². The Balaban J connectivity index is 2.86. The van der Waals surface area contributed by atoms with Crippen LogP contribution < -0.4 is 10.5 Å². The first kappa shape index (κ1) is 10.2. The van der Waals surface area contributed by atoms with Crippen molar-refractivity contribution in [3.8, 4) is 5.88 Å². The lowest BCUT2D eigenvalue weighted by Crippen LogP contribution is -1.96. The minimum atomic E-state index is 0.563. The lowest BCUT2D eigenvalue weighted by atomic mass is 10.2. The largest absolute Gasteiger partial charge is 0.481 e. The molecule has 2 aromatic heterocycles. The van der Waals surface area contributed by atoms with E-state index in [0.29, 0.717) is 11.6 Å². The second kappa shape index (κ2) is 3.66. The molecule has 15 heavy (non-hydrogen) atoms. The first-order chi connectivity index (χ1) is 7.13. The number of aromatic nitrogens is 2. The van der Waals surface area contributed by atoms with Crippen LogP contribution in [0.2, 0.25) is 0 Å². The van der Waals surface area contributed by atoms with E-state index in [-0.39, 0.29) is 0 Å². The van der Waals surface area contributed by atoms with Crippen LogP contribution in [-0.2, 0) is 0 Å². The van der Waals surface area contributed by atoms with Crippen LogP contribution in [-0.4, -0.2) is 17.1 Å². The second-order valence-electron chi connectivity index (χ2n) is 3.21. The Kier molecular flexibility index (Phi) is 2.48. The highest BCUT2D eigenvalue weighted by Crippen LogP contribution is 2.29. The third-order valence-electron chi connectivity index (χ3n) is 2.16. The number of fused-ring (bicyclic) bond motifs is 1. The van der Waals surface area contributed by atoms with Crippen LogP contribution >= 0.6 is 15.9 Å². The van der Waals surface area contributed by atoms with Crippen LogP contribution in [0.5, 0.6) is 5.88 Å². The molecule has 0 aliphatic heterocycles. The lowest BCUT2D eigenvalue weighted by Gasteiger charge is -2.07. The van der Waals surface area contributed by atoms with E-state index in [4.69, 9.17) is 10.5 Å². The average molecular weight is 268 g/mol. The molecule has 0 aliphatic carbocycles. The Bertz CT molecular complexity index is 528. The van der Waals surface area contributed by atoms with Crippen LogP contribution in [0.3, 0.4) is 0 Å². The van der Waals surface area contributed by atoms with Gasteiger partial charge in [-0.25, -0.2) is 4.98 Å². The summed E-state index contributed by atoms with van der Waals surface area (Å²) >= 11 is 3.40. The number of nitrogens with zero attached hydrogens (tertiary/aromatic N) is 2. The van der Waals surface area contributed by atoms with Crippen molar-refractivity contribution in [2.75, 3.05) is 12.8 Å². The smallest absolute Gasteiger partial charge is 0.213 e. The van der Waals surface area contributed by atoms with Gasteiger partial charge in [0.2, 0.25) is 5.88 Å². The predicted molar refractivity (Wildman–Crippen MR) is 62.9 cm³/mol. The Morgan fingerprint density at radius 2 is 2.13 bits per heavy atom. The third kappa shape index (κ3) is 1.63. The normalized spacial score (nSPS) is 10.6. The van der Waals surface area contributed by atoms with Gasteiger partial charge in [-0.3, -0.25) is 4.98 Å². The topological polar surface area (TPSA) is 61.0 Å². The fourth-order valence-corrected chi connectivity index (χ4v) is 1.76. The number of nitrogen functional groups attached to an aromatic ring is 1. The molecule has 4 nitrogen and oxygen atoms in total. The first-order valence-corrected chi connectivity index (χ1v) is 5.18. The van der Waals surface area contributed by atoms with Gasteiger partial charge < -0.3 is 10.5 Å². The number of pyridine rings is 2. The van der Waals surface area contributed by atoms with E-state index in [9.17, 15) is 0 Å². The summed E-state index contributed by atoms with van der Waals surface area (Å²) in [6, 6.07) is 1.85. The van der Waals surface area contributed by atoms with Crippen LogP contribution in [0.25, 0.3) is 11.0 Å². The summed E-state index contributed by atoms with van der Waals surface area (Å²) in [5, 5.41) is 0. The molecule has 0 unspecified atom stereocenters. The second-order valence-corrected chi connectivity index (χ2v) is 4.00. The van der Waals surface area contributed by atoms with Crippen molar-refractivity contribution in [1.29, 1.82) is 0 Å². The highest BCUT2D eigenvalue weighted by Gasteiger charge is 2.09. The maximum Gasteiger partial charge on any atom is 0.213 e. The molecule has 0 spiro atoms. The van der Waals surface area contributed by atoms with Gasteiger partial charge in [-0.05, 0) is 28.4 Å². The molecule has 0 aromatic carbocycles. The van der Waals surface area contributed by atoms with Crippen LogP contribution in [0.1, 0.15) is 5.56 Å². The zero-order valence-corrected chi connectivity index (χ0v) is 10.00. The molecular weight excluding hydrogens is 258 g/mol. The quantitative estimate of drug-likeness (QED) is 0.862. The zero-order valence-electron chi connectivity index (χ0n) is 8.41. The van der Waals surface area contributed by atoms with E-state index in [0.717, 1.165) is 21.1 Å². The number of methoxy groups -OCH3 is 1. The highest BCUT2D eigenvalue weighted by molar-refractivity contribution is 9.10. The number of halogens is 1. The van der Waals surface area contributed by atoms with Gasteiger partial charge in [0.1, 0.15) is 5.52 Å². The molecule has 2 rings (SSSR count). The number of hydrogen-bond acceptors (Lipinski definition) is 4. The summed E-state index contributed by atoms with van der Waals surface area (Å²) < 4.78 is 5.86. The molecule has 78 valence electrons. The summed E-state index contributed by atoms with van der Waals surface area (Å²) in [5.74, 6) is 0.563. The molecular formula is C10H10BrN3O. The van der Waals surface area contributed by atoms with Gasteiger partial charge >= 0.3 is 0 Å². The Morgan fingerprint density at radius 1 is 1.40 bits per heavy atom. The molecule has 2 heterocycles. The first-order valence-electron chi connectivity index (χ1n) is 4.39. The standard InChI is InChI=1S/C10H10BrN3O/c1-5-3-7(15-2)14-10-8(11)6(12)4-13-9(5)10/h3-4H,12H2,1-2H3. The maximum atomic E-state index is 5.74. The van der Waals surface area contributed by atoms with Gasteiger partial charge in [-0.2, -0.15) is 0 Å². The molecule has 0 atom stereocenters. The number of anilines is 1. The van der Waals surface area contributed by atoms with Gasteiger partial charge in [-0.15, -0.1) is 0 Å². The van der Waals surface area contributed by atoms with E-state index in [1.807, 2.05) is 13.0 Å². The summed E-state index contributed by atoms with van der Waals surface area (Å²) in [5.41, 5.74) is 8.88. The van der Waals surface area contributed by atoms with E-state index < -0.39 is 0 Å². The minimum Gasteiger partial charge on any atom is -0.481 e. The maximum absolute atomic E-state index is 5.74. The van der Waals surface area contributed by atoms with Gasteiger partial charge in [0.05, 0.1) is 29.0 Å². The van der Waals surface area contributed by atoms with Crippen molar-refractivity contribution in [3.63, 3.8) is 0 Å². The van der Waals surface area contributed by atoms with Crippen LogP contribution in [0.4, 0.5) is 5.69 Å². The monoisotopic (exact) mass is 267 g/mol. The zero-order chi connectivity index (χ0) is 11.0. The number of rotatable bonds is 1. The van der Waals surface area contributed by atoms with Gasteiger partial charge in [0.25, 0.3) is 0 Å². The van der Waals surface area contributed by atoms with Gasteiger partial charge in [0.15, 0.2) is 0 Å². The van der Waals surface area contributed by atoms with Crippen LogP contribution in [0.15, 0.2) is 16.7 Å². The predicted octanol–water partition coefficient (Wildman–Crippen LogP) is 2.29. The van der Waals surface area contributed by atoms with Gasteiger partial charge in [-0.1, -0.05) is 0 Å². The minimum absolute atomic E-state index is 0.563. The van der Waals surface area contributed by atoms with Gasteiger partial charge in [0, 0.05) is 6.07 Å². The molecule has 0 aliphatic rings. The van der Waals surface area contributed by atoms with Crippen molar-refractivity contribution in [1.82, 2.24) is 9.97 Å². The molecule has 0 fully saturated rings. The molecule has 0 radical (unpaired) electrons. The summed E-state index contributed by atoms with van der Waals surface area (Å²) in [6.45, 7) is 1.96. The Hall–Kier alpha value is -1.36. The lowest BCUT2D eigenvalue weighted by molar-refractivity contribution is 0.399. The van der Waals surface area contributed by atoms with Crippen molar-refractivity contribution in [3.05, 3.63) is 22.3 Å². The van der Waals surface area contributed by atoms with Crippen molar-refractivity contribution >= 4 is 32.7 Å². The molecule has 0 amide bonds. The molecule has 2 N–H and O–H groups in total. The highest BCUT2D eigenvalue weighted by atomic mass is 79.9. The molecule has 0 saturated carbocycles. The van der Waals surface area contributed by atoms with Crippen molar-refractivity contribution in [2.45, 2.75) is 6.92 Å². The fourth-order valence-electron chi connectivity index (χ4n) is 1.38. The number of aryl methyl sites for hydroxylation is 1. The summed E-state index contributed by atoms with van der Waals surface area (Å²) in [6.07, 6.45) is 1.62. The molecule has 0 saturated heterocycles. The summed E-state index contributed by atoms with van der Waals surface area (Å²) in [7, 11) is 1.58. The molecule has 5 heteroatoms. The molecule has 0 bridgehead atoms. The van der Waals surface area contributed by atoms with Crippen molar-refractivity contribution < 1.29 is 4.74 Å². The van der Waals surface area contributed by atoms with E-state index in [1.165, 1.54) is 0 Å². The molecule has 2 aromatic rings. The van der Waals surface area contributed by atoms with E-state index >= 15 is 0 Å². The fraction of sp³-hybridized carbons (Fsp3) is 0.200. The number of nitrogens with two attached hydrogens (primary N) is 1. The number of hydrogen-bond donors (Lipinski definition) is 1. The number of ether oxygens (including phenoxy) is 1. The Morgan fingerprint density at radius 3 is 2.80 bits per heavy atom. The Labute approximate surface area is 95.6 Å². The SMILES string of the molecule is COc1cc(C)c2ncc(N)c(Br)c2n1. The summed E-state index contributed by atoms with van der Waals surface area (Å²) in [4.78, 5) is 8.55. The van der Waals surface area contributed by atoms with Crippen LogP contribution in [0, 0.1) is 6.92 Å². The van der Waals surface area contributed by atoms with Crippen molar-refractivity contribution in [2.24, 2.45) is 0 Å². The van der Waals surface area contributed by atoms with E-state index in [1.54, 1.807) is 13.3 Å². The average Bonchev–Trinajstić information content (AvgIpc) is 2.23. The third-order valence-corrected chi connectivity index (χ3v) is 3.00.